The first-order valence-electron chi connectivity index (χ1n) is 4.09. The third-order valence-electron chi connectivity index (χ3n) is 1.27. The average molecular weight is 198 g/mol. The van der Waals surface area contributed by atoms with Gasteiger partial charge in [0.2, 0.25) is 6.08 Å². The zero-order valence-corrected chi connectivity index (χ0v) is 8.51. The zero-order chi connectivity index (χ0) is 10.1. The van der Waals surface area contributed by atoms with Crippen molar-refractivity contribution >= 4 is 23.4 Å². The second-order valence-electron chi connectivity index (χ2n) is 2.00. The van der Waals surface area contributed by atoms with E-state index in [2.05, 4.69) is 4.99 Å². The van der Waals surface area contributed by atoms with Crippen molar-refractivity contribution < 1.29 is 4.79 Å². The zero-order valence-electron chi connectivity index (χ0n) is 7.75. The minimum Gasteiger partial charge on any atom is -0.211 e. The van der Waals surface area contributed by atoms with Gasteiger partial charge >= 0.3 is 0 Å². The van der Waals surface area contributed by atoms with Crippen molar-refractivity contribution in [2.45, 2.75) is 19.7 Å². The van der Waals surface area contributed by atoms with Crippen LogP contribution in [0.5, 0.6) is 0 Å². The number of benzene rings is 1. The summed E-state index contributed by atoms with van der Waals surface area (Å²) in [6.07, 6.45) is 1.46. The normalized spacial score (nSPS) is 7.92. The van der Waals surface area contributed by atoms with E-state index in [-0.39, 0.29) is 0 Å². The van der Waals surface area contributed by atoms with E-state index in [1.807, 2.05) is 26.0 Å². The van der Waals surface area contributed by atoms with Gasteiger partial charge in [-0.3, -0.25) is 0 Å². The predicted octanol–water partition coefficient (Wildman–Crippen LogP) is 3.42. The largest absolute Gasteiger partial charge is 0.240 e. The molecule has 1 aromatic rings. The van der Waals surface area contributed by atoms with Gasteiger partial charge in [0.1, 0.15) is 0 Å². The van der Waals surface area contributed by atoms with Crippen molar-refractivity contribution in [1.29, 1.82) is 0 Å². The van der Waals surface area contributed by atoms with Gasteiger partial charge in [-0.05, 0) is 17.7 Å². The third kappa shape index (κ3) is 4.46. The summed E-state index contributed by atoms with van der Waals surface area (Å²) >= 11 is 5.55. The maximum atomic E-state index is 9.81. The third-order valence-corrected chi connectivity index (χ3v) is 1.57. The number of halogens is 1. The molecule has 0 amide bonds. The van der Waals surface area contributed by atoms with Gasteiger partial charge in [-0.15, -0.1) is 11.6 Å². The molecule has 0 aromatic heterocycles. The topological polar surface area (TPSA) is 29.4 Å². The summed E-state index contributed by atoms with van der Waals surface area (Å²) in [7, 11) is 0. The van der Waals surface area contributed by atoms with Crippen LogP contribution in [0.15, 0.2) is 29.3 Å². The highest BCUT2D eigenvalue weighted by molar-refractivity contribution is 6.17. The average Bonchev–Trinajstić information content (AvgIpc) is 2.23. The van der Waals surface area contributed by atoms with Crippen LogP contribution in [-0.2, 0) is 10.7 Å². The van der Waals surface area contributed by atoms with Crippen molar-refractivity contribution in [2.24, 2.45) is 4.99 Å². The van der Waals surface area contributed by atoms with Crippen molar-refractivity contribution in [3.8, 4) is 0 Å². The van der Waals surface area contributed by atoms with E-state index in [9.17, 15) is 4.79 Å². The molecule has 0 spiro atoms. The maximum Gasteiger partial charge on any atom is 0.240 e. The first-order valence-corrected chi connectivity index (χ1v) is 4.63. The summed E-state index contributed by atoms with van der Waals surface area (Å²) < 4.78 is 0. The van der Waals surface area contributed by atoms with Crippen LogP contribution in [0.1, 0.15) is 19.4 Å². The summed E-state index contributed by atoms with van der Waals surface area (Å²) in [6, 6.07) is 7.09. The lowest BCUT2D eigenvalue weighted by Gasteiger charge is -1.93. The number of nitrogens with zero attached hydrogens (tertiary/aromatic N) is 1. The molecule has 1 aromatic carbocycles. The lowest BCUT2D eigenvalue weighted by Crippen LogP contribution is -1.73. The van der Waals surface area contributed by atoms with Crippen LogP contribution in [-0.4, -0.2) is 6.08 Å². The van der Waals surface area contributed by atoms with Gasteiger partial charge in [0, 0.05) is 5.88 Å². The highest BCUT2D eigenvalue weighted by Gasteiger charge is 1.89. The van der Waals surface area contributed by atoms with E-state index in [4.69, 9.17) is 11.6 Å². The molecule has 0 aliphatic rings. The van der Waals surface area contributed by atoms with Crippen LogP contribution in [0, 0.1) is 0 Å². The van der Waals surface area contributed by atoms with Crippen LogP contribution in [0.4, 0.5) is 5.69 Å². The lowest BCUT2D eigenvalue weighted by molar-refractivity contribution is 0.565. The number of rotatable bonds is 2. The van der Waals surface area contributed by atoms with Crippen molar-refractivity contribution in [3.63, 3.8) is 0 Å². The number of alkyl halides is 1. The van der Waals surface area contributed by atoms with Gasteiger partial charge in [0.05, 0.1) is 5.69 Å². The molecule has 70 valence electrons. The number of hydrogen-bond acceptors (Lipinski definition) is 2. The quantitative estimate of drug-likeness (QED) is 0.406. The van der Waals surface area contributed by atoms with Crippen molar-refractivity contribution in [2.75, 3.05) is 0 Å². The molecular formula is C10H12ClNO. The van der Waals surface area contributed by atoms with Crippen molar-refractivity contribution in [1.82, 2.24) is 0 Å². The van der Waals surface area contributed by atoms with Crippen molar-refractivity contribution in [3.05, 3.63) is 29.8 Å². The van der Waals surface area contributed by atoms with E-state index >= 15 is 0 Å². The molecule has 0 unspecified atom stereocenters. The molecule has 0 N–H and O–H groups in total. The fraction of sp³-hybridized carbons (Fsp3) is 0.300. The predicted molar refractivity (Wildman–Crippen MR) is 55.1 cm³/mol. The molecular weight excluding hydrogens is 186 g/mol. The van der Waals surface area contributed by atoms with E-state index in [1.165, 1.54) is 6.08 Å². The van der Waals surface area contributed by atoms with E-state index in [0.29, 0.717) is 11.6 Å². The molecule has 0 aliphatic carbocycles. The minimum absolute atomic E-state index is 0.477. The molecule has 0 saturated heterocycles. The molecule has 0 saturated carbocycles. The smallest absolute Gasteiger partial charge is 0.211 e. The number of isocyanates is 1. The molecule has 0 radical (unpaired) electrons. The Labute approximate surface area is 83.3 Å². The molecule has 0 aliphatic heterocycles. The second kappa shape index (κ2) is 7.53. The van der Waals surface area contributed by atoms with E-state index in [1.54, 1.807) is 12.1 Å². The standard InChI is InChI=1S/C8H6ClNO.C2H6/c9-5-7-1-3-8(4-2-7)10-6-11;1-2/h1-4H,5H2;1-2H3. The Morgan fingerprint density at radius 2 is 1.85 bits per heavy atom. The Morgan fingerprint density at radius 1 is 1.31 bits per heavy atom. The highest BCUT2D eigenvalue weighted by atomic mass is 35.5. The monoisotopic (exact) mass is 197 g/mol. The minimum atomic E-state index is 0.477. The van der Waals surface area contributed by atoms with Crippen LogP contribution < -0.4 is 0 Å². The number of aliphatic imine (C=N–C) groups is 1. The first-order chi connectivity index (χ1) is 6.36. The van der Waals surface area contributed by atoms with Gasteiger partial charge < -0.3 is 0 Å². The van der Waals surface area contributed by atoms with Crippen LogP contribution in [0.3, 0.4) is 0 Å². The summed E-state index contributed by atoms with van der Waals surface area (Å²) in [5.41, 5.74) is 1.62. The molecule has 3 heteroatoms. The Hall–Kier alpha value is -1.11. The van der Waals surface area contributed by atoms with Gasteiger partial charge in [-0.25, -0.2) is 4.79 Å². The van der Waals surface area contributed by atoms with Gasteiger partial charge in [-0.1, -0.05) is 26.0 Å². The summed E-state index contributed by atoms with van der Waals surface area (Å²) in [5, 5.41) is 0. The van der Waals surface area contributed by atoms with E-state index < -0.39 is 0 Å². The summed E-state index contributed by atoms with van der Waals surface area (Å²) in [4.78, 5) is 13.2. The highest BCUT2D eigenvalue weighted by Crippen LogP contribution is 2.12. The summed E-state index contributed by atoms with van der Waals surface area (Å²) in [6.45, 7) is 4.00. The molecule has 0 bridgehead atoms. The molecule has 0 heterocycles. The fourth-order valence-corrected chi connectivity index (χ4v) is 0.890. The molecule has 13 heavy (non-hydrogen) atoms. The van der Waals surface area contributed by atoms with E-state index in [0.717, 1.165) is 5.56 Å². The first kappa shape index (κ1) is 11.9. The van der Waals surface area contributed by atoms with Crippen LogP contribution in [0.25, 0.3) is 0 Å². The van der Waals surface area contributed by atoms with Crippen LogP contribution in [0.2, 0.25) is 0 Å². The summed E-state index contributed by atoms with van der Waals surface area (Å²) in [5.74, 6) is 0.477. The Bertz CT molecular complexity index is 275. The number of carbonyl (C=O) groups excluding carboxylic acids is 1. The molecule has 1 rings (SSSR count). The second-order valence-corrected chi connectivity index (χ2v) is 2.27. The van der Waals surface area contributed by atoms with Gasteiger partial charge in [0.25, 0.3) is 0 Å². The fourth-order valence-electron chi connectivity index (χ4n) is 0.712. The Kier molecular flexibility index (Phi) is 6.89. The van der Waals surface area contributed by atoms with Gasteiger partial charge in [-0.2, -0.15) is 4.99 Å². The number of hydrogen-bond donors (Lipinski definition) is 0. The molecule has 0 atom stereocenters. The SMILES string of the molecule is CC.O=C=Nc1ccc(CCl)cc1. The molecule has 0 fully saturated rings. The molecule has 2 nitrogen and oxygen atoms in total. The Morgan fingerprint density at radius 3 is 2.23 bits per heavy atom. The lowest BCUT2D eigenvalue weighted by atomic mass is 10.2. The van der Waals surface area contributed by atoms with Crippen LogP contribution >= 0.6 is 11.6 Å². The maximum absolute atomic E-state index is 9.81. The van der Waals surface area contributed by atoms with Gasteiger partial charge in [0.15, 0.2) is 0 Å². The Balaban J connectivity index is 0.000000671.